The van der Waals surface area contributed by atoms with E-state index in [4.69, 9.17) is 15.3 Å². The first-order chi connectivity index (χ1) is 7.71. The van der Waals surface area contributed by atoms with Crippen molar-refractivity contribution >= 4 is 5.91 Å². The first-order valence-electron chi connectivity index (χ1n) is 5.25. The summed E-state index contributed by atoms with van der Waals surface area (Å²) in [6.45, 7) is 3.00. The van der Waals surface area contributed by atoms with Gasteiger partial charge in [-0.2, -0.15) is 10.5 Å². The molecule has 16 heavy (non-hydrogen) atoms. The molecule has 0 saturated carbocycles. The van der Waals surface area contributed by atoms with Crippen molar-refractivity contribution < 1.29 is 9.53 Å². The molecule has 5 nitrogen and oxygen atoms in total. The van der Waals surface area contributed by atoms with Crippen LogP contribution in [-0.4, -0.2) is 37.6 Å². The highest BCUT2D eigenvalue weighted by molar-refractivity contribution is 5.81. The highest BCUT2D eigenvalue weighted by Gasteiger charge is 2.21. The standard InChI is InChI=1S/C11H17N3O2/c1-3-10(9-13)11(15)14(6-4-5-12)7-8-16-2/h10H,3-4,6-8H2,1-2H3. The van der Waals surface area contributed by atoms with E-state index in [1.54, 1.807) is 14.0 Å². The molecule has 0 aromatic rings. The largest absolute Gasteiger partial charge is 0.383 e. The van der Waals surface area contributed by atoms with Crippen molar-refractivity contribution in [1.82, 2.24) is 4.90 Å². The number of hydrogen-bond donors (Lipinski definition) is 0. The van der Waals surface area contributed by atoms with E-state index < -0.39 is 5.92 Å². The molecule has 1 unspecified atom stereocenters. The zero-order valence-corrected chi connectivity index (χ0v) is 9.77. The Labute approximate surface area is 96.2 Å². The van der Waals surface area contributed by atoms with Crippen molar-refractivity contribution in [2.75, 3.05) is 26.8 Å². The molecule has 0 bridgehead atoms. The van der Waals surface area contributed by atoms with Crippen LogP contribution >= 0.6 is 0 Å². The van der Waals surface area contributed by atoms with Crippen molar-refractivity contribution in [2.45, 2.75) is 19.8 Å². The van der Waals surface area contributed by atoms with Gasteiger partial charge in [0, 0.05) is 20.2 Å². The molecule has 0 aromatic carbocycles. The SMILES string of the molecule is CCC(C#N)C(=O)N(CCC#N)CCOC. The summed E-state index contributed by atoms with van der Waals surface area (Å²) in [6, 6.07) is 3.96. The van der Waals surface area contributed by atoms with Gasteiger partial charge in [-0.25, -0.2) is 0 Å². The van der Waals surface area contributed by atoms with Crippen LogP contribution in [0.5, 0.6) is 0 Å². The molecular weight excluding hydrogens is 206 g/mol. The molecule has 0 radical (unpaired) electrons. The second kappa shape index (κ2) is 8.70. The van der Waals surface area contributed by atoms with Gasteiger partial charge >= 0.3 is 0 Å². The van der Waals surface area contributed by atoms with Crippen molar-refractivity contribution in [1.29, 1.82) is 10.5 Å². The van der Waals surface area contributed by atoms with Gasteiger partial charge in [0.05, 0.1) is 25.2 Å². The maximum absolute atomic E-state index is 11.9. The summed E-state index contributed by atoms with van der Waals surface area (Å²) in [4.78, 5) is 13.4. The Morgan fingerprint density at radius 1 is 1.44 bits per heavy atom. The van der Waals surface area contributed by atoms with E-state index in [0.717, 1.165) is 0 Å². The van der Waals surface area contributed by atoms with Crippen LogP contribution in [0.2, 0.25) is 0 Å². The van der Waals surface area contributed by atoms with Gasteiger partial charge in [-0.3, -0.25) is 4.79 Å². The molecule has 1 amide bonds. The monoisotopic (exact) mass is 223 g/mol. The van der Waals surface area contributed by atoms with Crippen LogP contribution in [0, 0.1) is 28.6 Å². The van der Waals surface area contributed by atoms with Crippen molar-refractivity contribution in [2.24, 2.45) is 5.92 Å². The van der Waals surface area contributed by atoms with Crippen LogP contribution in [0.15, 0.2) is 0 Å². The third-order valence-corrected chi connectivity index (χ3v) is 2.23. The smallest absolute Gasteiger partial charge is 0.240 e. The molecule has 0 N–H and O–H groups in total. The predicted octanol–water partition coefficient (Wildman–Crippen LogP) is 0.925. The van der Waals surface area contributed by atoms with E-state index in [1.807, 2.05) is 12.1 Å². The molecule has 88 valence electrons. The van der Waals surface area contributed by atoms with Gasteiger partial charge < -0.3 is 9.64 Å². The van der Waals surface area contributed by atoms with Crippen molar-refractivity contribution in [3.05, 3.63) is 0 Å². The number of methoxy groups -OCH3 is 1. The fourth-order valence-corrected chi connectivity index (χ4v) is 1.26. The third kappa shape index (κ3) is 4.77. The number of rotatable bonds is 7. The maximum atomic E-state index is 11.9. The summed E-state index contributed by atoms with van der Waals surface area (Å²) in [5.41, 5.74) is 0. The Hall–Kier alpha value is -1.59. The summed E-state index contributed by atoms with van der Waals surface area (Å²) in [6.07, 6.45) is 0.767. The molecule has 0 rings (SSSR count). The van der Waals surface area contributed by atoms with Crippen LogP contribution in [0.1, 0.15) is 19.8 Å². The van der Waals surface area contributed by atoms with Gasteiger partial charge in [-0.05, 0) is 6.42 Å². The first kappa shape index (κ1) is 14.4. The molecule has 0 aliphatic carbocycles. The summed E-state index contributed by atoms with van der Waals surface area (Å²) < 4.78 is 4.89. The molecule has 0 saturated heterocycles. The Morgan fingerprint density at radius 2 is 2.12 bits per heavy atom. The molecule has 0 spiro atoms. The predicted molar refractivity (Wildman–Crippen MR) is 58.1 cm³/mol. The van der Waals surface area contributed by atoms with Gasteiger partial charge in [0.1, 0.15) is 5.92 Å². The van der Waals surface area contributed by atoms with Crippen molar-refractivity contribution in [3.8, 4) is 12.1 Å². The van der Waals surface area contributed by atoms with E-state index in [-0.39, 0.29) is 12.3 Å². The van der Waals surface area contributed by atoms with Gasteiger partial charge in [0.25, 0.3) is 0 Å². The molecule has 0 aliphatic heterocycles. The third-order valence-electron chi connectivity index (χ3n) is 2.23. The number of carbonyl (C=O) groups is 1. The van der Waals surface area contributed by atoms with Crippen LogP contribution in [-0.2, 0) is 9.53 Å². The van der Waals surface area contributed by atoms with Gasteiger partial charge in [-0.1, -0.05) is 6.92 Å². The normalized spacial score (nSPS) is 11.2. The lowest BCUT2D eigenvalue weighted by Crippen LogP contribution is -2.38. The molecular formula is C11H17N3O2. The Balaban J connectivity index is 4.43. The Bertz CT molecular complexity index is 291. The lowest BCUT2D eigenvalue weighted by Gasteiger charge is -2.23. The fraction of sp³-hybridized carbons (Fsp3) is 0.727. The van der Waals surface area contributed by atoms with E-state index in [0.29, 0.717) is 26.1 Å². The molecule has 0 aromatic heterocycles. The summed E-state index contributed by atoms with van der Waals surface area (Å²) in [5.74, 6) is -0.826. The minimum atomic E-state index is -0.615. The molecule has 1 atom stereocenters. The minimum absolute atomic E-state index is 0.211. The maximum Gasteiger partial charge on any atom is 0.240 e. The molecule has 5 heteroatoms. The zero-order valence-electron chi connectivity index (χ0n) is 9.77. The molecule has 0 heterocycles. The van der Waals surface area contributed by atoms with E-state index in [2.05, 4.69) is 0 Å². The van der Waals surface area contributed by atoms with E-state index in [1.165, 1.54) is 4.90 Å². The van der Waals surface area contributed by atoms with Crippen LogP contribution in [0.3, 0.4) is 0 Å². The quantitative estimate of drug-likeness (QED) is 0.643. The lowest BCUT2D eigenvalue weighted by atomic mass is 10.1. The highest BCUT2D eigenvalue weighted by atomic mass is 16.5. The van der Waals surface area contributed by atoms with E-state index >= 15 is 0 Å². The lowest BCUT2D eigenvalue weighted by molar-refractivity contribution is -0.134. The summed E-state index contributed by atoms with van der Waals surface area (Å²) in [7, 11) is 1.55. The topological polar surface area (TPSA) is 77.1 Å². The highest BCUT2D eigenvalue weighted by Crippen LogP contribution is 2.07. The Kier molecular flexibility index (Phi) is 7.83. The number of ether oxygens (including phenoxy) is 1. The van der Waals surface area contributed by atoms with Crippen LogP contribution in [0.25, 0.3) is 0 Å². The van der Waals surface area contributed by atoms with Crippen molar-refractivity contribution in [3.63, 3.8) is 0 Å². The van der Waals surface area contributed by atoms with Gasteiger partial charge in [0.2, 0.25) is 5.91 Å². The van der Waals surface area contributed by atoms with E-state index in [9.17, 15) is 4.79 Å². The number of carbonyl (C=O) groups excluding carboxylic acids is 1. The molecule has 0 fully saturated rings. The number of amides is 1. The zero-order chi connectivity index (χ0) is 12.4. The first-order valence-corrected chi connectivity index (χ1v) is 5.25. The Morgan fingerprint density at radius 3 is 2.56 bits per heavy atom. The number of nitrogens with zero attached hydrogens (tertiary/aromatic N) is 3. The average Bonchev–Trinajstić information content (AvgIpc) is 2.30. The average molecular weight is 223 g/mol. The molecule has 0 aliphatic rings. The summed E-state index contributed by atoms with van der Waals surface area (Å²) >= 11 is 0. The number of nitriles is 2. The fourth-order valence-electron chi connectivity index (χ4n) is 1.26. The van der Waals surface area contributed by atoms with Gasteiger partial charge in [-0.15, -0.1) is 0 Å². The van der Waals surface area contributed by atoms with Gasteiger partial charge in [0.15, 0.2) is 0 Å². The second-order valence-electron chi connectivity index (χ2n) is 3.32. The number of hydrogen-bond acceptors (Lipinski definition) is 4. The second-order valence-corrected chi connectivity index (χ2v) is 3.32. The summed E-state index contributed by atoms with van der Waals surface area (Å²) in [5, 5.41) is 17.3. The van der Waals surface area contributed by atoms with Crippen LogP contribution in [0.4, 0.5) is 0 Å². The van der Waals surface area contributed by atoms with Crippen LogP contribution < -0.4 is 0 Å². The minimum Gasteiger partial charge on any atom is -0.383 e.